The number of benzene rings is 1. The van der Waals surface area contributed by atoms with Crippen molar-refractivity contribution >= 4 is 27.6 Å². The number of aromatic nitrogens is 1. The standard InChI is InChI=1S/C11H14N4OS/c12-11(16)14-6-5-13-7-10-15-8-3-1-2-4-9(8)17-10/h1-4,13H,5-7H2,(H3,12,14,16). The monoisotopic (exact) mass is 250 g/mol. The first-order chi connectivity index (χ1) is 8.25. The van der Waals surface area contributed by atoms with Crippen molar-refractivity contribution in [3.05, 3.63) is 29.3 Å². The average Bonchev–Trinajstić information content (AvgIpc) is 2.70. The molecular weight excluding hydrogens is 236 g/mol. The fourth-order valence-electron chi connectivity index (χ4n) is 1.46. The largest absolute Gasteiger partial charge is 0.352 e. The number of rotatable bonds is 5. The van der Waals surface area contributed by atoms with Crippen LogP contribution < -0.4 is 16.4 Å². The second-order valence-electron chi connectivity index (χ2n) is 3.54. The van der Waals surface area contributed by atoms with Crippen LogP contribution in [0.25, 0.3) is 10.2 Å². The predicted octanol–water partition coefficient (Wildman–Crippen LogP) is 1.05. The van der Waals surface area contributed by atoms with Crippen LogP contribution in [0.3, 0.4) is 0 Å². The molecule has 1 heterocycles. The molecule has 4 N–H and O–H groups in total. The lowest BCUT2D eigenvalue weighted by atomic mass is 10.3. The molecule has 0 atom stereocenters. The molecule has 2 rings (SSSR count). The third kappa shape index (κ3) is 3.40. The molecule has 0 fully saturated rings. The van der Waals surface area contributed by atoms with E-state index in [0.717, 1.165) is 10.5 Å². The van der Waals surface area contributed by atoms with E-state index in [2.05, 4.69) is 21.7 Å². The maximum atomic E-state index is 10.4. The highest BCUT2D eigenvalue weighted by atomic mass is 32.1. The smallest absolute Gasteiger partial charge is 0.312 e. The van der Waals surface area contributed by atoms with Crippen molar-refractivity contribution in [3.63, 3.8) is 0 Å². The number of primary amides is 1. The summed E-state index contributed by atoms with van der Waals surface area (Å²) in [5, 5.41) is 6.76. The van der Waals surface area contributed by atoms with Crippen LogP contribution in [-0.4, -0.2) is 24.1 Å². The predicted molar refractivity (Wildman–Crippen MR) is 68.9 cm³/mol. The van der Waals surface area contributed by atoms with Gasteiger partial charge in [-0.25, -0.2) is 9.78 Å². The Labute approximate surface area is 103 Å². The van der Waals surface area contributed by atoms with E-state index in [1.807, 2.05) is 18.2 Å². The number of amides is 2. The van der Waals surface area contributed by atoms with Crippen molar-refractivity contribution in [2.45, 2.75) is 6.54 Å². The minimum atomic E-state index is -0.494. The number of thiazole rings is 1. The highest BCUT2D eigenvalue weighted by molar-refractivity contribution is 7.18. The van der Waals surface area contributed by atoms with Crippen molar-refractivity contribution < 1.29 is 4.79 Å². The molecule has 0 aliphatic carbocycles. The number of fused-ring (bicyclic) bond motifs is 1. The van der Waals surface area contributed by atoms with Crippen LogP contribution in [-0.2, 0) is 6.54 Å². The van der Waals surface area contributed by atoms with Gasteiger partial charge in [0.25, 0.3) is 0 Å². The molecule has 0 bridgehead atoms. The van der Waals surface area contributed by atoms with Crippen molar-refractivity contribution in [1.29, 1.82) is 0 Å². The molecule has 2 aromatic rings. The second kappa shape index (κ2) is 5.60. The molecule has 0 saturated heterocycles. The minimum Gasteiger partial charge on any atom is -0.352 e. The summed E-state index contributed by atoms with van der Waals surface area (Å²) in [6.45, 7) is 1.92. The lowest BCUT2D eigenvalue weighted by Crippen LogP contribution is -2.35. The van der Waals surface area contributed by atoms with E-state index in [-0.39, 0.29) is 0 Å². The minimum absolute atomic E-state index is 0.494. The van der Waals surface area contributed by atoms with E-state index in [9.17, 15) is 4.79 Å². The quantitative estimate of drug-likeness (QED) is 0.694. The fourth-order valence-corrected chi connectivity index (χ4v) is 2.40. The van der Waals surface area contributed by atoms with Gasteiger partial charge in [-0.2, -0.15) is 0 Å². The van der Waals surface area contributed by atoms with Gasteiger partial charge in [-0.1, -0.05) is 12.1 Å². The molecule has 1 aromatic heterocycles. The van der Waals surface area contributed by atoms with Gasteiger partial charge < -0.3 is 16.4 Å². The van der Waals surface area contributed by atoms with Gasteiger partial charge in [-0.05, 0) is 12.1 Å². The third-order valence-electron chi connectivity index (χ3n) is 2.22. The SMILES string of the molecule is NC(=O)NCCNCc1nc2ccccc2s1. The van der Waals surface area contributed by atoms with Gasteiger partial charge in [0, 0.05) is 19.6 Å². The highest BCUT2D eigenvalue weighted by Gasteiger charge is 2.01. The number of carbonyl (C=O) groups is 1. The van der Waals surface area contributed by atoms with Gasteiger partial charge in [0.1, 0.15) is 5.01 Å². The summed E-state index contributed by atoms with van der Waals surface area (Å²) < 4.78 is 1.19. The fraction of sp³-hybridized carbons (Fsp3) is 0.273. The van der Waals surface area contributed by atoms with Gasteiger partial charge in [0.2, 0.25) is 0 Å². The van der Waals surface area contributed by atoms with Crippen LogP contribution in [0.2, 0.25) is 0 Å². The molecular formula is C11H14N4OS. The Kier molecular flexibility index (Phi) is 3.89. The Balaban J connectivity index is 1.81. The van der Waals surface area contributed by atoms with E-state index < -0.39 is 6.03 Å². The normalized spacial score (nSPS) is 10.6. The van der Waals surface area contributed by atoms with E-state index in [0.29, 0.717) is 19.6 Å². The van der Waals surface area contributed by atoms with Gasteiger partial charge in [-0.15, -0.1) is 11.3 Å². The van der Waals surface area contributed by atoms with E-state index >= 15 is 0 Å². The molecule has 6 heteroatoms. The van der Waals surface area contributed by atoms with Gasteiger partial charge in [0.15, 0.2) is 0 Å². The molecule has 0 aliphatic rings. The summed E-state index contributed by atoms with van der Waals surface area (Å²) in [5.74, 6) is 0. The summed E-state index contributed by atoms with van der Waals surface area (Å²) in [6, 6.07) is 7.56. The van der Waals surface area contributed by atoms with Gasteiger partial charge >= 0.3 is 6.03 Å². The van der Waals surface area contributed by atoms with Crippen LogP contribution in [0.1, 0.15) is 5.01 Å². The number of hydrogen-bond acceptors (Lipinski definition) is 4. The number of carbonyl (C=O) groups excluding carboxylic acids is 1. The average molecular weight is 250 g/mol. The van der Waals surface area contributed by atoms with Gasteiger partial charge in [0.05, 0.1) is 10.2 Å². The van der Waals surface area contributed by atoms with Crippen LogP contribution in [0.15, 0.2) is 24.3 Å². The molecule has 0 unspecified atom stereocenters. The topological polar surface area (TPSA) is 80.0 Å². The molecule has 0 saturated carbocycles. The van der Waals surface area contributed by atoms with Crippen molar-refractivity contribution in [2.24, 2.45) is 5.73 Å². The number of nitrogens with one attached hydrogen (secondary N) is 2. The number of hydrogen-bond donors (Lipinski definition) is 3. The third-order valence-corrected chi connectivity index (χ3v) is 3.25. The zero-order valence-electron chi connectivity index (χ0n) is 9.27. The zero-order chi connectivity index (χ0) is 12.1. The Morgan fingerprint density at radius 3 is 2.94 bits per heavy atom. The van der Waals surface area contributed by atoms with Crippen molar-refractivity contribution in [1.82, 2.24) is 15.6 Å². The highest BCUT2D eigenvalue weighted by Crippen LogP contribution is 2.20. The van der Waals surface area contributed by atoms with E-state index in [1.165, 1.54) is 4.70 Å². The molecule has 5 nitrogen and oxygen atoms in total. The number of nitrogens with zero attached hydrogens (tertiary/aromatic N) is 1. The van der Waals surface area contributed by atoms with Gasteiger partial charge in [-0.3, -0.25) is 0 Å². The van der Waals surface area contributed by atoms with Crippen LogP contribution in [0.5, 0.6) is 0 Å². The molecule has 2 amide bonds. The van der Waals surface area contributed by atoms with Crippen molar-refractivity contribution in [3.8, 4) is 0 Å². The van der Waals surface area contributed by atoms with Crippen LogP contribution in [0, 0.1) is 0 Å². The molecule has 90 valence electrons. The molecule has 1 aromatic carbocycles. The number of urea groups is 1. The van der Waals surface area contributed by atoms with E-state index in [1.54, 1.807) is 11.3 Å². The lowest BCUT2D eigenvalue weighted by molar-refractivity contribution is 0.249. The summed E-state index contributed by atoms with van der Waals surface area (Å²) >= 11 is 1.68. The Hall–Kier alpha value is -1.66. The Bertz CT molecular complexity index is 478. The van der Waals surface area contributed by atoms with Crippen LogP contribution >= 0.6 is 11.3 Å². The molecule has 0 spiro atoms. The first-order valence-electron chi connectivity index (χ1n) is 5.34. The lowest BCUT2D eigenvalue weighted by Gasteiger charge is -2.02. The Morgan fingerprint density at radius 1 is 1.35 bits per heavy atom. The number of nitrogens with two attached hydrogens (primary N) is 1. The summed E-state index contributed by atoms with van der Waals surface area (Å²) in [6.07, 6.45) is 0. The first kappa shape index (κ1) is 11.8. The summed E-state index contributed by atoms with van der Waals surface area (Å²) in [7, 11) is 0. The maximum Gasteiger partial charge on any atom is 0.312 e. The molecule has 0 aliphatic heterocycles. The summed E-state index contributed by atoms with van der Waals surface area (Å²) in [4.78, 5) is 14.9. The Morgan fingerprint density at radius 2 is 2.18 bits per heavy atom. The molecule has 17 heavy (non-hydrogen) atoms. The second-order valence-corrected chi connectivity index (χ2v) is 4.66. The van der Waals surface area contributed by atoms with Crippen LogP contribution in [0.4, 0.5) is 4.79 Å². The number of para-hydroxylation sites is 1. The van der Waals surface area contributed by atoms with Crippen molar-refractivity contribution in [2.75, 3.05) is 13.1 Å². The van der Waals surface area contributed by atoms with E-state index in [4.69, 9.17) is 5.73 Å². The summed E-state index contributed by atoms with van der Waals surface area (Å²) in [5.41, 5.74) is 5.98. The molecule has 0 radical (unpaired) electrons. The maximum absolute atomic E-state index is 10.4. The first-order valence-corrected chi connectivity index (χ1v) is 6.16. The zero-order valence-corrected chi connectivity index (χ0v) is 10.1.